The Balaban J connectivity index is 2.83. The zero-order valence-electron chi connectivity index (χ0n) is 10.8. The predicted molar refractivity (Wildman–Crippen MR) is 66.9 cm³/mol. The molecule has 1 unspecified atom stereocenters. The SMILES string of the molecule is COc1cc(OC(C)CC(C)C)c(F)cc1N. The number of benzene rings is 1. The first-order chi connectivity index (χ1) is 7.93. The molecule has 2 N–H and O–H groups in total. The van der Waals surface area contributed by atoms with E-state index in [0.29, 0.717) is 11.7 Å². The molecular formula is C13H20FNO2. The zero-order valence-corrected chi connectivity index (χ0v) is 10.8. The van der Waals surface area contributed by atoms with Crippen molar-refractivity contribution in [2.45, 2.75) is 33.3 Å². The fourth-order valence-electron chi connectivity index (χ4n) is 1.75. The average molecular weight is 241 g/mol. The van der Waals surface area contributed by atoms with Crippen LogP contribution in [0.1, 0.15) is 27.2 Å². The fraction of sp³-hybridized carbons (Fsp3) is 0.538. The minimum Gasteiger partial charge on any atom is -0.494 e. The maximum absolute atomic E-state index is 13.6. The molecule has 0 saturated carbocycles. The Morgan fingerprint density at radius 2 is 1.88 bits per heavy atom. The Labute approximate surface area is 102 Å². The third kappa shape index (κ3) is 3.80. The highest BCUT2D eigenvalue weighted by Gasteiger charge is 2.13. The molecule has 0 aliphatic heterocycles. The fourth-order valence-corrected chi connectivity index (χ4v) is 1.75. The molecule has 1 atom stereocenters. The molecule has 0 bridgehead atoms. The first-order valence-corrected chi connectivity index (χ1v) is 5.73. The average Bonchev–Trinajstić information content (AvgIpc) is 2.20. The van der Waals surface area contributed by atoms with Gasteiger partial charge >= 0.3 is 0 Å². The van der Waals surface area contributed by atoms with Crippen LogP contribution in [0.3, 0.4) is 0 Å². The van der Waals surface area contributed by atoms with E-state index in [1.54, 1.807) is 0 Å². The topological polar surface area (TPSA) is 44.5 Å². The Morgan fingerprint density at radius 3 is 2.41 bits per heavy atom. The summed E-state index contributed by atoms with van der Waals surface area (Å²) in [5, 5.41) is 0. The maximum Gasteiger partial charge on any atom is 0.167 e. The van der Waals surface area contributed by atoms with Crippen LogP contribution in [0.2, 0.25) is 0 Å². The van der Waals surface area contributed by atoms with Gasteiger partial charge in [-0.15, -0.1) is 0 Å². The van der Waals surface area contributed by atoms with Crippen molar-refractivity contribution in [3.63, 3.8) is 0 Å². The molecule has 1 rings (SSSR count). The summed E-state index contributed by atoms with van der Waals surface area (Å²) in [6, 6.07) is 2.71. The number of ether oxygens (including phenoxy) is 2. The van der Waals surface area contributed by atoms with Crippen LogP contribution in [0.5, 0.6) is 11.5 Å². The molecular weight excluding hydrogens is 221 g/mol. The highest BCUT2D eigenvalue weighted by molar-refractivity contribution is 5.56. The molecule has 0 aliphatic carbocycles. The maximum atomic E-state index is 13.6. The molecule has 0 amide bonds. The van der Waals surface area contributed by atoms with E-state index in [-0.39, 0.29) is 17.5 Å². The van der Waals surface area contributed by atoms with Crippen molar-refractivity contribution in [3.05, 3.63) is 17.9 Å². The van der Waals surface area contributed by atoms with Crippen LogP contribution >= 0.6 is 0 Å². The van der Waals surface area contributed by atoms with Gasteiger partial charge in [-0.05, 0) is 19.3 Å². The molecule has 0 aromatic heterocycles. The number of hydrogen-bond acceptors (Lipinski definition) is 3. The molecule has 3 nitrogen and oxygen atoms in total. The summed E-state index contributed by atoms with van der Waals surface area (Å²) in [5.74, 6) is 0.657. The predicted octanol–water partition coefficient (Wildman–Crippen LogP) is 3.23. The van der Waals surface area contributed by atoms with Crippen molar-refractivity contribution >= 4 is 5.69 Å². The lowest BCUT2D eigenvalue weighted by molar-refractivity contribution is 0.184. The highest BCUT2D eigenvalue weighted by atomic mass is 19.1. The molecule has 0 spiro atoms. The van der Waals surface area contributed by atoms with Crippen molar-refractivity contribution in [3.8, 4) is 11.5 Å². The van der Waals surface area contributed by atoms with E-state index < -0.39 is 5.82 Å². The highest BCUT2D eigenvalue weighted by Crippen LogP contribution is 2.30. The van der Waals surface area contributed by atoms with Crippen LogP contribution in [0.15, 0.2) is 12.1 Å². The van der Waals surface area contributed by atoms with E-state index in [1.807, 2.05) is 6.92 Å². The van der Waals surface area contributed by atoms with E-state index >= 15 is 0 Å². The minimum absolute atomic E-state index is 0.0437. The van der Waals surface area contributed by atoms with E-state index in [0.717, 1.165) is 6.42 Å². The van der Waals surface area contributed by atoms with Crippen molar-refractivity contribution in [2.24, 2.45) is 5.92 Å². The Kier molecular flexibility index (Phi) is 4.61. The number of nitrogens with two attached hydrogens (primary N) is 1. The summed E-state index contributed by atoms with van der Waals surface area (Å²) >= 11 is 0. The first kappa shape index (κ1) is 13.6. The molecule has 17 heavy (non-hydrogen) atoms. The molecule has 0 heterocycles. The van der Waals surface area contributed by atoms with Crippen LogP contribution in [0.4, 0.5) is 10.1 Å². The van der Waals surface area contributed by atoms with Gasteiger partial charge in [-0.3, -0.25) is 0 Å². The van der Waals surface area contributed by atoms with Gasteiger partial charge in [0.05, 0.1) is 18.9 Å². The number of nitrogen functional groups attached to an aromatic ring is 1. The number of anilines is 1. The molecule has 0 saturated heterocycles. The van der Waals surface area contributed by atoms with E-state index in [2.05, 4.69) is 13.8 Å². The van der Waals surface area contributed by atoms with Crippen molar-refractivity contribution in [1.82, 2.24) is 0 Å². The Bertz CT molecular complexity index is 380. The molecule has 4 heteroatoms. The minimum atomic E-state index is -0.459. The van der Waals surface area contributed by atoms with Crippen LogP contribution < -0.4 is 15.2 Å². The van der Waals surface area contributed by atoms with E-state index in [1.165, 1.54) is 19.2 Å². The molecule has 0 radical (unpaired) electrons. The molecule has 0 aliphatic rings. The van der Waals surface area contributed by atoms with E-state index in [9.17, 15) is 4.39 Å². The van der Waals surface area contributed by atoms with Gasteiger partial charge in [0.1, 0.15) is 5.75 Å². The van der Waals surface area contributed by atoms with Gasteiger partial charge in [-0.25, -0.2) is 4.39 Å². The second kappa shape index (κ2) is 5.75. The normalized spacial score (nSPS) is 12.6. The Morgan fingerprint density at radius 1 is 1.24 bits per heavy atom. The smallest absolute Gasteiger partial charge is 0.167 e. The standard InChI is InChI=1S/C13H20FNO2/c1-8(2)5-9(3)17-12-7-13(16-4)11(15)6-10(12)14/h6-9H,5,15H2,1-4H3. The zero-order chi connectivity index (χ0) is 13.0. The summed E-state index contributed by atoms with van der Waals surface area (Å²) in [6.45, 7) is 6.11. The van der Waals surface area contributed by atoms with Gasteiger partial charge in [-0.1, -0.05) is 13.8 Å². The summed E-state index contributed by atoms with van der Waals surface area (Å²) < 4.78 is 24.2. The summed E-state index contributed by atoms with van der Waals surface area (Å²) in [4.78, 5) is 0. The van der Waals surface area contributed by atoms with Crippen LogP contribution in [0, 0.1) is 11.7 Å². The lowest BCUT2D eigenvalue weighted by atomic mass is 10.1. The van der Waals surface area contributed by atoms with E-state index in [4.69, 9.17) is 15.2 Å². The summed E-state index contributed by atoms with van der Waals surface area (Å²) in [7, 11) is 1.49. The summed E-state index contributed by atoms with van der Waals surface area (Å²) in [5.41, 5.74) is 5.86. The lowest BCUT2D eigenvalue weighted by Gasteiger charge is -2.18. The van der Waals surface area contributed by atoms with Gasteiger partial charge in [0, 0.05) is 12.1 Å². The Hall–Kier alpha value is -1.45. The first-order valence-electron chi connectivity index (χ1n) is 5.73. The van der Waals surface area contributed by atoms with Crippen LogP contribution in [-0.4, -0.2) is 13.2 Å². The number of hydrogen-bond donors (Lipinski definition) is 1. The van der Waals surface area contributed by atoms with Gasteiger partial charge in [0.2, 0.25) is 0 Å². The lowest BCUT2D eigenvalue weighted by Crippen LogP contribution is -2.15. The molecule has 1 aromatic rings. The molecule has 96 valence electrons. The van der Waals surface area contributed by atoms with Crippen LogP contribution in [-0.2, 0) is 0 Å². The molecule has 0 fully saturated rings. The second-order valence-electron chi connectivity index (χ2n) is 4.58. The van der Waals surface area contributed by atoms with Gasteiger partial charge in [-0.2, -0.15) is 0 Å². The quantitative estimate of drug-likeness (QED) is 0.805. The third-order valence-corrected chi connectivity index (χ3v) is 2.42. The second-order valence-corrected chi connectivity index (χ2v) is 4.58. The third-order valence-electron chi connectivity index (χ3n) is 2.42. The number of rotatable bonds is 5. The van der Waals surface area contributed by atoms with Gasteiger partial charge < -0.3 is 15.2 Å². The van der Waals surface area contributed by atoms with Crippen molar-refractivity contribution < 1.29 is 13.9 Å². The molecule has 1 aromatic carbocycles. The summed E-state index contributed by atoms with van der Waals surface area (Å²) in [6.07, 6.45) is 0.824. The van der Waals surface area contributed by atoms with Crippen molar-refractivity contribution in [1.29, 1.82) is 0 Å². The van der Waals surface area contributed by atoms with Gasteiger partial charge in [0.15, 0.2) is 11.6 Å². The number of methoxy groups -OCH3 is 1. The largest absolute Gasteiger partial charge is 0.494 e. The number of halogens is 1. The van der Waals surface area contributed by atoms with Crippen LogP contribution in [0.25, 0.3) is 0 Å². The monoisotopic (exact) mass is 241 g/mol. The van der Waals surface area contributed by atoms with Gasteiger partial charge in [0.25, 0.3) is 0 Å². The van der Waals surface area contributed by atoms with Crippen molar-refractivity contribution in [2.75, 3.05) is 12.8 Å².